The van der Waals surface area contributed by atoms with Crippen LogP contribution in [0, 0.1) is 37.5 Å². The van der Waals surface area contributed by atoms with Crippen LogP contribution in [0.15, 0.2) is 23.9 Å². The van der Waals surface area contributed by atoms with Gasteiger partial charge in [-0.15, -0.1) is 0 Å². The predicted molar refractivity (Wildman–Crippen MR) is 218 cm³/mol. The third kappa shape index (κ3) is 7.53. The summed E-state index contributed by atoms with van der Waals surface area (Å²) in [7, 11) is 1.34. The molecule has 6 N–H and O–H groups in total. The van der Waals surface area contributed by atoms with Crippen LogP contribution in [0.3, 0.4) is 0 Å². The molecule has 0 amide bonds. The summed E-state index contributed by atoms with van der Waals surface area (Å²) in [5.41, 5.74) is 9.94. The monoisotopic (exact) mass is 750 g/mol. The number of methoxy groups -OCH3 is 1. The summed E-state index contributed by atoms with van der Waals surface area (Å²) in [6.45, 7) is 18.9. The van der Waals surface area contributed by atoms with Crippen molar-refractivity contribution in [2.24, 2.45) is 23.7 Å². The van der Waals surface area contributed by atoms with Crippen molar-refractivity contribution in [3.63, 3.8) is 0 Å². The molecule has 1 fully saturated rings. The quantitative estimate of drug-likeness (QED) is 0.107. The van der Waals surface area contributed by atoms with E-state index in [1.165, 1.54) is 19.1 Å². The molecule has 3 aromatic rings. The highest BCUT2D eigenvalue weighted by atomic mass is 16.5. The predicted octanol–water partition coefficient (Wildman–Crippen LogP) is 4.94. The van der Waals surface area contributed by atoms with Gasteiger partial charge in [-0.3, -0.25) is 9.59 Å². The summed E-state index contributed by atoms with van der Waals surface area (Å²) < 4.78 is 11.0. The number of carbonyl (C=O) groups is 2. The second kappa shape index (κ2) is 16.4. The zero-order chi connectivity index (χ0) is 39.7. The molecule has 55 heavy (non-hydrogen) atoms. The Labute approximate surface area is 323 Å². The van der Waals surface area contributed by atoms with Crippen LogP contribution >= 0.6 is 0 Å². The normalized spacial score (nSPS) is 22.4. The van der Waals surface area contributed by atoms with Crippen LogP contribution in [-0.2, 0) is 32.1 Å². The average molecular weight is 751 g/mol. The van der Waals surface area contributed by atoms with Crippen LogP contribution in [-0.4, -0.2) is 56.9 Å². The minimum atomic E-state index is -1.02. The summed E-state index contributed by atoms with van der Waals surface area (Å²) in [5, 5.41) is 29.1. The molecule has 10 nitrogen and oxygen atoms in total. The molecule has 6 rings (SSSR count). The number of hydrogen-bond acceptors (Lipinski definition) is 7. The first-order valence-corrected chi connectivity index (χ1v) is 19.7. The van der Waals surface area contributed by atoms with E-state index in [-0.39, 0.29) is 43.2 Å². The fourth-order valence-electron chi connectivity index (χ4n) is 8.85. The van der Waals surface area contributed by atoms with Gasteiger partial charge >= 0.3 is 11.9 Å². The van der Waals surface area contributed by atoms with E-state index in [4.69, 9.17) is 9.47 Å². The molecule has 10 heteroatoms. The van der Waals surface area contributed by atoms with Gasteiger partial charge in [-0.2, -0.15) is 0 Å². The summed E-state index contributed by atoms with van der Waals surface area (Å²) in [6.07, 6.45) is 14.6. The number of carbonyl (C=O) groups excluding carboxylic acids is 2. The molecule has 0 saturated carbocycles. The number of nitrogens with one attached hydrogen (secondary N) is 4. The molecular weight excluding hydrogens is 693 g/mol. The zero-order valence-corrected chi connectivity index (χ0v) is 33.7. The van der Waals surface area contributed by atoms with Crippen molar-refractivity contribution in [2.45, 2.75) is 99.6 Å². The molecule has 3 aliphatic rings. The van der Waals surface area contributed by atoms with E-state index in [2.05, 4.69) is 74.5 Å². The zero-order valence-electron chi connectivity index (χ0n) is 33.7. The van der Waals surface area contributed by atoms with Crippen LogP contribution in [0.2, 0.25) is 0 Å². The van der Waals surface area contributed by atoms with Gasteiger partial charge in [-0.25, -0.2) is 0 Å². The Morgan fingerprint density at radius 1 is 1.00 bits per heavy atom. The fourth-order valence-corrected chi connectivity index (χ4v) is 8.85. The number of aromatic amines is 3. The maximum atomic E-state index is 13.6. The minimum absolute atomic E-state index is 0.0558. The van der Waals surface area contributed by atoms with Crippen LogP contribution in [0.1, 0.15) is 112 Å². The molecule has 0 radical (unpaired) electrons. The lowest BCUT2D eigenvalue weighted by atomic mass is 9.80. The second-order valence-electron chi connectivity index (χ2n) is 15.8. The van der Waals surface area contributed by atoms with Crippen molar-refractivity contribution in [2.75, 3.05) is 13.7 Å². The number of aromatic nitrogens is 3. The van der Waals surface area contributed by atoms with Crippen molar-refractivity contribution >= 4 is 47.6 Å². The van der Waals surface area contributed by atoms with Gasteiger partial charge in [-0.1, -0.05) is 52.3 Å². The first-order chi connectivity index (χ1) is 26.3. The molecule has 1 aliphatic carbocycles. The van der Waals surface area contributed by atoms with E-state index in [0.717, 1.165) is 74.1 Å². The van der Waals surface area contributed by atoms with Gasteiger partial charge in [0.15, 0.2) is 0 Å². The standard InChI is InChI=1S/C45H58N4O6/c1-10-28-25(6)32-19-33-26(7)30(15-16-38(51)55-18-17-24(5)14-12-13-23(3)4)42(48-33)40-41(45(53)54-9)44(52)39-27(8)34(49-43(39)40)20-36-29(11-2)31(22-50)37(47-36)21-35(28)46-32/h10,17,19-21,23,26,30,41-42,46-50,52H,1,11-16,18,22H2,2-9H3/b24-17+,33-19+,36-20-,37-21-/t26-,30-,41+,42?/m0/s1. The molecule has 8 bridgehead atoms. The Hall–Kier alpha value is -4.96. The first-order valence-electron chi connectivity index (χ1n) is 19.7. The molecule has 0 aromatic carbocycles. The molecular formula is C45H58N4O6. The van der Waals surface area contributed by atoms with Gasteiger partial charge in [0.25, 0.3) is 0 Å². The largest absolute Gasteiger partial charge is 0.510 e. The number of H-pyrrole nitrogens is 3. The lowest BCUT2D eigenvalue weighted by Gasteiger charge is -2.26. The van der Waals surface area contributed by atoms with Gasteiger partial charge in [0.2, 0.25) is 0 Å². The molecule has 5 heterocycles. The van der Waals surface area contributed by atoms with Crippen LogP contribution in [0.25, 0.3) is 35.6 Å². The number of aliphatic hydroxyl groups is 2. The summed E-state index contributed by atoms with van der Waals surface area (Å²) in [5.74, 6) is -1.43. The number of rotatable bonds is 13. The van der Waals surface area contributed by atoms with Crippen LogP contribution in [0.4, 0.5) is 0 Å². The molecule has 1 unspecified atom stereocenters. The molecule has 3 aromatic heterocycles. The Kier molecular flexibility index (Phi) is 11.9. The minimum Gasteiger partial charge on any atom is -0.510 e. The Balaban J connectivity index is 1.48. The van der Waals surface area contributed by atoms with E-state index in [1.54, 1.807) is 0 Å². The van der Waals surface area contributed by atoms with Crippen molar-refractivity contribution in [1.82, 2.24) is 20.3 Å². The molecule has 2 aliphatic heterocycles. The highest BCUT2D eigenvalue weighted by Crippen LogP contribution is 2.42. The summed E-state index contributed by atoms with van der Waals surface area (Å²) >= 11 is 0. The summed E-state index contributed by atoms with van der Waals surface area (Å²) in [6, 6.07) is -0.423. The van der Waals surface area contributed by atoms with Gasteiger partial charge < -0.3 is 40.0 Å². The highest BCUT2D eigenvalue weighted by molar-refractivity contribution is 5.95. The molecule has 1 saturated heterocycles. The third-order valence-corrected chi connectivity index (χ3v) is 12.0. The van der Waals surface area contributed by atoms with Gasteiger partial charge in [-0.05, 0) is 105 Å². The van der Waals surface area contributed by atoms with E-state index in [0.29, 0.717) is 34.9 Å². The highest BCUT2D eigenvalue weighted by Gasteiger charge is 2.47. The lowest BCUT2D eigenvalue weighted by molar-refractivity contribution is -0.143. The smallest absolute Gasteiger partial charge is 0.320 e. The Bertz CT molecular complexity index is 2310. The van der Waals surface area contributed by atoms with E-state index >= 15 is 0 Å². The Morgan fingerprint density at radius 3 is 2.38 bits per heavy atom. The second-order valence-corrected chi connectivity index (χ2v) is 15.8. The number of allylic oxidation sites excluding steroid dienone is 2. The molecule has 294 valence electrons. The van der Waals surface area contributed by atoms with Crippen molar-refractivity contribution in [3.05, 3.63) is 90.1 Å². The third-order valence-electron chi connectivity index (χ3n) is 12.0. The van der Waals surface area contributed by atoms with Crippen LogP contribution < -0.4 is 26.6 Å². The van der Waals surface area contributed by atoms with Crippen molar-refractivity contribution in [1.29, 1.82) is 0 Å². The van der Waals surface area contributed by atoms with Crippen molar-refractivity contribution in [3.8, 4) is 0 Å². The van der Waals surface area contributed by atoms with Crippen molar-refractivity contribution < 1.29 is 29.3 Å². The lowest BCUT2D eigenvalue weighted by Crippen LogP contribution is -2.38. The number of fused-ring (bicyclic) bond motifs is 8. The molecule has 4 atom stereocenters. The number of esters is 2. The van der Waals surface area contributed by atoms with Crippen LogP contribution in [0.5, 0.6) is 0 Å². The maximum Gasteiger partial charge on any atom is 0.320 e. The Morgan fingerprint density at radius 2 is 1.71 bits per heavy atom. The van der Waals surface area contributed by atoms with Gasteiger partial charge in [0.05, 0.1) is 25.1 Å². The molecule has 0 spiro atoms. The average Bonchev–Trinajstić information content (AvgIpc) is 3.90. The number of hydrogen-bond donors (Lipinski definition) is 6. The maximum absolute atomic E-state index is 13.6. The van der Waals surface area contributed by atoms with E-state index in [1.807, 2.05) is 31.2 Å². The van der Waals surface area contributed by atoms with E-state index < -0.39 is 17.9 Å². The number of aliphatic hydroxyl groups excluding tert-OH is 2. The first kappa shape index (κ1) is 39.7. The number of ether oxygens (including phenoxy) is 2. The van der Waals surface area contributed by atoms with E-state index in [9.17, 15) is 19.8 Å². The topological polar surface area (TPSA) is 152 Å². The van der Waals surface area contributed by atoms with Gasteiger partial charge in [0.1, 0.15) is 18.3 Å². The van der Waals surface area contributed by atoms with Gasteiger partial charge in [0, 0.05) is 62.2 Å². The fraction of sp³-hybridized carbons (Fsp3) is 0.467. The summed E-state index contributed by atoms with van der Waals surface area (Å²) in [4.78, 5) is 37.6. The SMILES string of the molecule is C=Cc1c2[nH]c(c1C)/C=C1/NC(C3=c4[nH]c(c(C)c4=C(O)[C@@H]3C(=O)OC)/C=c3\[nH]/c(c(CO)c3CC)=C\2)[C@@H](CCC(=O)OC/C=C(\C)CCCC(C)C)[C@@H]1C.